The molecule has 1 aliphatic heterocycles. The van der Waals surface area contributed by atoms with Crippen LogP contribution in [0.2, 0.25) is 5.02 Å². The highest BCUT2D eigenvalue weighted by molar-refractivity contribution is 6.32. The Bertz CT molecular complexity index is 581. The van der Waals surface area contributed by atoms with Crippen molar-refractivity contribution >= 4 is 23.5 Å². The molecule has 0 N–H and O–H groups in total. The van der Waals surface area contributed by atoms with Crippen molar-refractivity contribution in [2.75, 3.05) is 26.3 Å². The van der Waals surface area contributed by atoms with Gasteiger partial charge in [-0.1, -0.05) is 11.6 Å². The first-order valence-corrected chi connectivity index (χ1v) is 7.91. The van der Waals surface area contributed by atoms with Crippen LogP contribution in [0, 0.1) is 11.7 Å². The number of halogens is 2. The van der Waals surface area contributed by atoms with E-state index in [0.29, 0.717) is 26.1 Å². The highest BCUT2D eigenvalue weighted by Crippen LogP contribution is 2.25. The second kappa shape index (κ2) is 8.15. The molecule has 0 spiro atoms. The minimum Gasteiger partial charge on any atom is -0.482 e. The molecule has 0 aliphatic carbocycles. The number of carbonyl (C=O) groups excluding carboxylic acids is 2. The first kappa shape index (κ1) is 17.5. The molecule has 1 heterocycles. The minimum absolute atomic E-state index is 0.112. The summed E-state index contributed by atoms with van der Waals surface area (Å²) in [6.45, 7) is 2.79. The molecular formula is C16H19ClFNO4. The van der Waals surface area contributed by atoms with Crippen LogP contribution in [-0.4, -0.2) is 43.1 Å². The number of amides is 1. The first-order chi connectivity index (χ1) is 11.0. The predicted molar refractivity (Wildman–Crippen MR) is 82.8 cm³/mol. The second-order valence-corrected chi connectivity index (χ2v) is 5.70. The number of carbonyl (C=O) groups is 2. The van der Waals surface area contributed by atoms with Crippen molar-refractivity contribution in [2.24, 2.45) is 5.92 Å². The van der Waals surface area contributed by atoms with E-state index in [1.807, 2.05) is 0 Å². The van der Waals surface area contributed by atoms with Crippen molar-refractivity contribution in [3.05, 3.63) is 29.0 Å². The number of hydrogen-bond acceptors (Lipinski definition) is 4. The number of likely N-dealkylation sites (tertiary alicyclic amines) is 1. The molecule has 1 aliphatic rings. The molecule has 1 atom stereocenters. The zero-order valence-corrected chi connectivity index (χ0v) is 13.6. The van der Waals surface area contributed by atoms with Crippen LogP contribution >= 0.6 is 11.6 Å². The monoisotopic (exact) mass is 343 g/mol. The van der Waals surface area contributed by atoms with Gasteiger partial charge in [0.05, 0.1) is 17.5 Å². The van der Waals surface area contributed by atoms with E-state index in [9.17, 15) is 14.0 Å². The Morgan fingerprint density at radius 1 is 1.43 bits per heavy atom. The van der Waals surface area contributed by atoms with Gasteiger partial charge in [0.25, 0.3) is 5.91 Å². The van der Waals surface area contributed by atoms with Crippen molar-refractivity contribution in [3.8, 4) is 5.75 Å². The van der Waals surface area contributed by atoms with Gasteiger partial charge in [-0.15, -0.1) is 0 Å². The van der Waals surface area contributed by atoms with Crippen LogP contribution < -0.4 is 4.74 Å². The van der Waals surface area contributed by atoms with E-state index in [2.05, 4.69) is 0 Å². The molecule has 0 saturated carbocycles. The average molecular weight is 344 g/mol. The molecule has 5 nitrogen and oxygen atoms in total. The summed E-state index contributed by atoms with van der Waals surface area (Å²) in [5, 5.41) is 0.112. The van der Waals surface area contributed by atoms with Gasteiger partial charge in [0, 0.05) is 13.1 Å². The summed E-state index contributed by atoms with van der Waals surface area (Å²) in [7, 11) is 0. The van der Waals surface area contributed by atoms with Crippen molar-refractivity contribution in [3.63, 3.8) is 0 Å². The lowest BCUT2D eigenvalue weighted by atomic mass is 9.98. The normalized spacial score (nSPS) is 17.7. The van der Waals surface area contributed by atoms with Gasteiger partial charge in [-0.3, -0.25) is 9.59 Å². The van der Waals surface area contributed by atoms with Gasteiger partial charge in [0.1, 0.15) is 11.6 Å². The zero-order chi connectivity index (χ0) is 16.8. The summed E-state index contributed by atoms with van der Waals surface area (Å²) in [5.74, 6) is -1.02. The van der Waals surface area contributed by atoms with Crippen LogP contribution in [0.4, 0.5) is 4.39 Å². The quantitative estimate of drug-likeness (QED) is 0.771. The summed E-state index contributed by atoms with van der Waals surface area (Å²) in [5.41, 5.74) is 0. The Morgan fingerprint density at radius 3 is 2.91 bits per heavy atom. The molecule has 1 fully saturated rings. The fourth-order valence-corrected chi connectivity index (χ4v) is 2.70. The maximum absolute atomic E-state index is 13.0. The zero-order valence-electron chi connectivity index (χ0n) is 12.9. The van der Waals surface area contributed by atoms with Gasteiger partial charge in [-0.05, 0) is 38.0 Å². The summed E-state index contributed by atoms with van der Waals surface area (Å²) in [4.78, 5) is 25.6. The van der Waals surface area contributed by atoms with Crippen LogP contribution in [0.5, 0.6) is 5.75 Å². The van der Waals surface area contributed by atoms with Crippen LogP contribution in [-0.2, 0) is 14.3 Å². The first-order valence-electron chi connectivity index (χ1n) is 7.53. The molecule has 0 aromatic heterocycles. The molecule has 0 radical (unpaired) electrons. The van der Waals surface area contributed by atoms with Crippen molar-refractivity contribution < 1.29 is 23.5 Å². The average Bonchev–Trinajstić information content (AvgIpc) is 2.54. The third-order valence-corrected chi connectivity index (χ3v) is 3.93. The van der Waals surface area contributed by atoms with E-state index >= 15 is 0 Å². The van der Waals surface area contributed by atoms with Gasteiger partial charge >= 0.3 is 5.97 Å². The van der Waals surface area contributed by atoms with Gasteiger partial charge in [-0.2, -0.15) is 0 Å². The van der Waals surface area contributed by atoms with Crippen molar-refractivity contribution in [1.82, 2.24) is 4.90 Å². The van der Waals surface area contributed by atoms with Crippen LogP contribution in [0.15, 0.2) is 18.2 Å². The standard InChI is InChI=1S/C16H19ClFNO4/c1-2-22-16(21)11-4-3-7-19(9-11)15(20)10-23-14-6-5-12(18)8-13(14)17/h5-6,8,11H,2-4,7,9-10H2,1H3/t11-/m1/s1. The molecular weight excluding hydrogens is 325 g/mol. The number of benzene rings is 1. The van der Waals surface area contributed by atoms with Crippen LogP contribution in [0.25, 0.3) is 0 Å². The largest absolute Gasteiger partial charge is 0.482 e. The molecule has 23 heavy (non-hydrogen) atoms. The van der Waals surface area contributed by atoms with Crippen LogP contribution in [0.1, 0.15) is 19.8 Å². The minimum atomic E-state index is -0.470. The van der Waals surface area contributed by atoms with Gasteiger partial charge in [-0.25, -0.2) is 4.39 Å². The topological polar surface area (TPSA) is 55.8 Å². The number of nitrogens with zero attached hydrogens (tertiary/aromatic N) is 1. The number of hydrogen-bond donors (Lipinski definition) is 0. The lowest BCUT2D eigenvalue weighted by Gasteiger charge is -2.31. The number of esters is 1. The smallest absolute Gasteiger partial charge is 0.310 e. The fraction of sp³-hybridized carbons (Fsp3) is 0.500. The highest BCUT2D eigenvalue weighted by Gasteiger charge is 2.29. The number of ether oxygens (including phenoxy) is 2. The highest BCUT2D eigenvalue weighted by atomic mass is 35.5. The van der Waals surface area contributed by atoms with E-state index in [1.165, 1.54) is 12.1 Å². The maximum Gasteiger partial charge on any atom is 0.310 e. The summed E-state index contributed by atoms with van der Waals surface area (Å²) in [6.07, 6.45) is 1.46. The van der Waals surface area contributed by atoms with Crippen molar-refractivity contribution in [1.29, 1.82) is 0 Å². The number of rotatable bonds is 5. The molecule has 2 rings (SSSR count). The molecule has 7 heteroatoms. The molecule has 0 bridgehead atoms. The van der Waals surface area contributed by atoms with Crippen molar-refractivity contribution in [2.45, 2.75) is 19.8 Å². The Labute approximate surface area is 139 Å². The summed E-state index contributed by atoms with van der Waals surface area (Å²) < 4.78 is 23.3. The lowest BCUT2D eigenvalue weighted by molar-refractivity contribution is -0.151. The van der Waals surface area contributed by atoms with E-state index in [-0.39, 0.29) is 35.2 Å². The predicted octanol–water partition coefficient (Wildman–Crippen LogP) is 2.66. The van der Waals surface area contributed by atoms with Gasteiger partial charge < -0.3 is 14.4 Å². The molecule has 1 amide bonds. The Kier molecular flexibility index (Phi) is 6.21. The van der Waals surface area contributed by atoms with E-state index in [4.69, 9.17) is 21.1 Å². The molecule has 0 unspecified atom stereocenters. The molecule has 1 saturated heterocycles. The van der Waals surface area contributed by atoms with Gasteiger partial charge in [0.15, 0.2) is 6.61 Å². The molecule has 126 valence electrons. The Balaban J connectivity index is 1.88. The summed E-state index contributed by atoms with van der Waals surface area (Å²) in [6, 6.07) is 3.71. The fourth-order valence-electron chi connectivity index (χ4n) is 2.48. The summed E-state index contributed by atoms with van der Waals surface area (Å²) >= 11 is 5.85. The maximum atomic E-state index is 13.0. The Morgan fingerprint density at radius 2 is 2.22 bits per heavy atom. The Hall–Kier alpha value is -1.82. The van der Waals surface area contributed by atoms with Gasteiger partial charge in [0.2, 0.25) is 0 Å². The number of piperidine rings is 1. The molecule has 1 aromatic rings. The third-order valence-electron chi connectivity index (χ3n) is 3.64. The molecule has 1 aromatic carbocycles. The van der Waals surface area contributed by atoms with E-state index in [1.54, 1.807) is 11.8 Å². The van der Waals surface area contributed by atoms with E-state index in [0.717, 1.165) is 12.5 Å². The van der Waals surface area contributed by atoms with E-state index < -0.39 is 5.82 Å². The van der Waals surface area contributed by atoms with Crippen LogP contribution in [0.3, 0.4) is 0 Å². The second-order valence-electron chi connectivity index (χ2n) is 5.29. The SMILES string of the molecule is CCOC(=O)[C@@H]1CCCN(C(=O)COc2ccc(F)cc2Cl)C1. The third kappa shape index (κ3) is 4.82. The lowest BCUT2D eigenvalue weighted by Crippen LogP contribution is -2.44.